The third-order valence-electron chi connectivity index (χ3n) is 4.27. The third-order valence-corrected chi connectivity index (χ3v) is 4.27. The first-order chi connectivity index (χ1) is 11.5. The first-order valence-electron chi connectivity index (χ1n) is 8.62. The minimum atomic E-state index is -1.50. The molecule has 144 valence electrons. The van der Waals surface area contributed by atoms with Crippen molar-refractivity contribution in [2.24, 2.45) is 5.92 Å². The summed E-state index contributed by atoms with van der Waals surface area (Å²) in [5, 5.41) is 12.3. The van der Waals surface area contributed by atoms with Crippen LogP contribution in [-0.4, -0.2) is 83.7 Å². The number of amides is 2. The number of ether oxygens (including phenoxy) is 1. The first-order valence-corrected chi connectivity index (χ1v) is 8.62. The standard InChI is InChI=1S/C17H31N3O5/c1-11(2)14(22)18-9-13(21)16(24)25-12(3)15(23)20-8-7-19(6)10-17(20,4)5/h11-13,21H,7-10H2,1-6H3,(H,18,22). The maximum Gasteiger partial charge on any atom is 0.337 e. The van der Waals surface area contributed by atoms with Crippen molar-refractivity contribution in [1.82, 2.24) is 15.1 Å². The van der Waals surface area contributed by atoms with Gasteiger partial charge < -0.3 is 25.0 Å². The van der Waals surface area contributed by atoms with Gasteiger partial charge in [-0.2, -0.15) is 0 Å². The van der Waals surface area contributed by atoms with Crippen molar-refractivity contribution in [3.63, 3.8) is 0 Å². The molecule has 2 atom stereocenters. The number of carbonyl (C=O) groups excluding carboxylic acids is 3. The molecule has 0 aliphatic carbocycles. The summed E-state index contributed by atoms with van der Waals surface area (Å²) in [6.07, 6.45) is -2.50. The van der Waals surface area contributed by atoms with E-state index >= 15 is 0 Å². The summed E-state index contributed by atoms with van der Waals surface area (Å²) in [4.78, 5) is 39.9. The van der Waals surface area contributed by atoms with Gasteiger partial charge in [0, 0.05) is 25.6 Å². The van der Waals surface area contributed by atoms with Crippen LogP contribution in [0.25, 0.3) is 0 Å². The number of carbonyl (C=O) groups is 3. The number of hydrogen-bond acceptors (Lipinski definition) is 6. The summed E-state index contributed by atoms with van der Waals surface area (Å²) in [7, 11) is 1.99. The fourth-order valence-electron chi connectivity index (χ4n) is 2.81. The Morgan fingerprint density at radius 2 is 1.80 bits per heavy atom. The third kappa shape index (κ3) is 5.97. The van der Waals surface area contributed by atoms with E-state index in [1.165, 1.54) is 6.92 Å². The molecule has 0 aromatic rings. The Kier molecular flexibility index (Phi) is 7.37. The predicted molar refractivity (Wildman–Crippen MR) is 92.7 cm³/mol. The van der Waals surface area contributed by atoms with Gasteiger partial charge in [0.1, 0.15) is 0 Å². The van der Waals surface area contributed by atoms with Crippen LogP contribution in [0.1, 0.15) is 34.6 Å². The minimum absolute atomic E-state index is 0.239. The van der Waals surface area contributed by atoms with Gasteiger partial charge in [0.15, 0.2) is 12.2 Å². The fourth-order valence-corrected chi connectivity index (χ4v) is 2.81. The van der Waals surface area contributed by atoms with Gasteiger partial charge in [-0.15, -0.1) is 0 Å². The maximum absolute atomic E-state index is 12.6. The number of esters is 1. The minimum Gasteiger partial charge on any atom is -0.451 e. The quantitative estimate of drug-likeness (QED) is 0.628. The smallest absolute Gasteiger partial charge is 0.337 e. The van der Waals surface area contributed by atoms with Crippen LogP contribution >= 0.6 is 0 Å². The lowest BCUT2D eigenvalue weighted by Gasteiger charge is -2.46. The molecule has 0 bridgehead atoms. The van der Waals surface area contributed by atoms with E-state index < -0.39 is 18.2 Å². The fraction of sp³-hybridized carbons (Fsp3) is 0.824. The molecule has 25 heavy (non-hydrogen) atoms. The largest absolute Gasteiger partial charge is 0.451 e. The molecule has 0 spiro atoms. The molecule has 1 fully saturated rings. The summed E-state index contributed by atoms with van der Waals surface area (Å²) >= 11 is 0. The molecule has 0 aromatic carbocycles. The highest BCUT2D eigenvalue weighted by Gasteiger charge is 2.38. The van der Waals surface area contributed by atoms with Crippen LogP contribution in [0.5, 0.6) is 0 Å². The number of rotatable bonds is 6. The maximum atomic E-state index is 12.6. The number of aliphatic hydroxyl groups excluding tert-OH is 1. The lowest BCUT2D eigenvalue weighted by atomic mass is 9.98. The zero-order chi connectivity index (χ0) is 19.4. The monoisotopic (exact) mass is 357 g/mol. The molecule has 0 radical (unpaired) electrons. The number of hydrogen-bond donors (Lipinski definition) is 2. The highest BCUT2D eigenvalue weighted by molar-refractivity contribution is 5.85. The summed E-state index contributed by atoms with van der Waals surface area (Å²) in [5.74, 6) is -1.72. The molecule has 0 aromatic heterocycles. The van der Waals surface area contributed by atoms with Crippen LogP contribution in [-0.2, 0) is 19.1 Å². The Morgan fingerprint density at radius 1 is 1.20 bits per heavy atom. The van der Waals surface area contributed by atoms with Crippen molar-refractivity contribution in [2.75, 3.05) is 33.2 Å². The predicted octanol–water partition coefficient (Wildman–Crippen LogP) is -0.396. The molecule has 1 saturated heterocycles. The Morgan fingerprint density at radius 3 is 2.32 bits per heavy atom. The van der Waals surface area contributed by atoms with Crippen molar-refractivity contribution in [2.45, 2.75) is 52.4 Å². The van der Waals surface area contributed by atoms with Crippen LogP contribution in [0.2, 0.25) is 0 Å². The highest BCUT2D eigenvalue weighted by atomic mass is 16.6. The van der Waals surface area contributed by atoms with E-state index in [9.17, 15) is 19.5 Å². The van der Waals surface area contributed by atoms with Gasteiger partial charge in [0.2, 0.25) is 5.91 Å². The summed E-state index contributed by atoms with van der Waals surface area (Å²) < 4.78 is 5.10. The normalized spacial score (nSPS) is 20.1. The molecule has 2 N–H and O–H groups in total. The van der Waals surface area contributed by atoms with Crippen LogP contribution in [0, 0.1) is 5.92 Å². The second kappa shape index (κ2) is 8.62. The summed E-state index contributed by atoms with van der Waals surface area (Å²) in [6, 6.07) is 0. The topological polar surface area (TPSA) is 99.2 Å². The van der Waals surface area contributed by atoms with E-state index in [1.54, 1.807) is 18.7 Å². The lowest BCUT2D eigenvalue weighted by Crippen LogP contribution is -2.62. The molecule has 0 saturated carbocycles. The van der Waals surface area contributed by atoms with Crippen molar-refractivity contribution in [3.05, 3.63) is 0 Å². The van der Waals surface area contributed by atoms with Crippen LogP contribution in [0.15, 0.2) is 0 Å². The average Bonchev–Trinajstić information content (AvgIpc) is 2.50. The van der Waals surface area contributed by atoms with Crippen LogP contribution in [0.4, 0.5) is 0 Å². The van der Waals surface area contributed by atoms with Crippen molar-refractivity contribution < 1.29 is 24.2 Å². The molecule has 1 aliphatic heterocycles. The first kappa shape index (κ1) is 21.4. The Labute approximate surface area is 149 Å². The van der Waals surface area contributed by atoms with Gasteiger partial charge in [-0.25, -0.2) is 4.79 Å². The SMILES string of the molecule is CC(C)C(=O)NCC(O)C(=O)OC(C)C(=O)N1CCN(C)CC1(C)C. The molecular weight excluding hydrogens is 326 g/mol. The van der Waals surface area contributed by atoms with Gasteiger partial charge in [-0.1, -0.05) is 13.8 Å². The van der Waals surface area contributed by atoms with Crippen LogP contribution < -0.4 is 5.32 Å². The lowest BCUT2D eigenvalue weighted by molar-refractivity contribution is -0.169. The van der Waals surface area contributed by atoms with Crippen molar-refractivity contribution in [3.8, 4) is 0 Å². The molecule has 1 rings (SSSR count). The van der Waals surface area contributed by atoms with Crippen molar-refractivity contribution in [1.29, 1.82) is 0 Å². The average molecular weight is 357 g/mol. The van der Waals surface area contributed by atoms with Gasteiger partial charge in [0.25, 0.3) is 5.91 Å². The molecule has 2 amide bonds. The molecule has 2 unspecified atom stereocenters. The molecule has 1 heterocycles. The Bertz CT molecular complexity index is 507. The number of aliphatic hydroxyl groups is 1. The number of piperazine rings is 1. The van der Waals surface area contributed by atoms with E-state index in [0.29, 0.717) is 6.54 Å². The zero-order valence-electron chi connectivity index (χ0n) is 16.0. The summed E-state index contributed by atoms with van der Waals surface area (Å²) in [6.45, 7) is 10.6. The van der Waals surface area contributed by atoms with E-state index in [1.807, 2.05) is 20.9 Å². The molecular formula is C17H31N3O5. The van der Waals surface area contributed by atoms with Crippen molar-refractivity contribution >= 4 is 17.8 Å². The van der Waals surface area contributed by atoms with Crippen LogP contribution in [0.3, 0.4) is 0 Å². The molecule has 8 heteroatoms. The number of nitrogens with zero attached hydrogens (tertiary/aromatic N) is 2. The highest BCUT2D eigenvalue weighted by Crippen LogP contribution is 2.21. The van der Waals surface area contributed by atoms with E-state index in [-0.39, 0.29) is 29.8 Å². The number of likely N-dealkylation sites (N-methyl/N-ethyl adjacent to an activating group) is 1. The Hall–Kier alpha value is -1.67. The zero-order valence-corrected chi connectivity index (χ0v) is 16.0. The van der Waals surface area contributed by atoms with Gasteiger partial charge >= 0.3 is 5.97 Å². The number of nitrogens with one attached hydrogen (secondary N) is 1. The van der Waals surface area contributed by atoms with Gasteiger partial charge in [0.05, 0.1) is 12.1 Å². The van der Waals surface area contributed by atoms with Gasteiger partial charge in [-0.3, -0.25) is 9.59 Å². The molecule has 8 nitrogen and oxygen atoms in total. The van der Waals surface area contributed by atoms with E-state index in [0.717, 1.165) is 13.1 Å². The summed E-state index contributed by atoms with van der Waals surface area (Å²) in [5.41, 5.74) is -0.366. The van der Waals surface area contributed by atoms with E-state index in [2.05, 4.69) is 10.2 Å². The van der Waals surface area contributed by atoms with E-state index in [4.69, 9.17) is 4.74 Å². The Balaban J connectivity index is 2.56. The second-order valence-corrected chi connectivity index (χ2v) is 7.53. The molecule has 1 aliphatic rings. The van der Waals surface area contributed by atoms with Gasteiger partial charge in [-0.05, 0) is 27.8 Å². The second-order valence-electron chi connectivity index (χ2n) is 7.53.